The standard InChI is InChI=1S/C48H51FN4O3SSi/c1-5-6-29-57(55)53-34-39-31-43(47(54)51-33-38-17-13-14-25-42(38)49)52-46(36-19-15-18-35(30-36)37-20-16-27-50-32-37)45(39)44(53)26-28-56-58(48(2,3)4,40-21-9-7-10-22-40)41-23-11-8-12-24-41/h7-25,27,30-32,44H,5-6,26,28-29,33-34H2,1-4H3,(H,51,54)/t44-,57-/m1/s1. The monoisotopic (exact) mass is 810 g/mol. The van der Waals surface area contributed by atoms with Crippen LogP contribution in [0.25, 0.3) is 22.4 Å². The van der Waals surface area contributed by atoms with Crippen LogP contribution in [0.1, 0.15) is 80.2 Å². The summed E-state index contributed by atoms with van der Waals surface area (Å²) in [7, 11) is -2.87. The summed E-state index contributed by atoms with van der Waals surface area (Å²) < 4.78 is 38.3. The van der Waals surface area contributed by atoms with Gasteiger partial charge in [-0.2, -0.15) is 0 Å². The number of halogens is 1. The number of nitrogens with one attached hydrogen (secondary N) is 1. The molecule has 58 heavy (non-hydrogen) atoms. The molecule has 2 aromatic heterocycles. The van der Waals surface area contributed by atoms with Crippen LogP contribution in [-0.4, -0.2) is 45.4 Å². The molecular weight excluding hydrogens is 760 g/mol. The molecule has 0 saturated heterocycles. The third kappa shape index (κ3) is 8.72. The van der Waals surface area contributed by atoms with Crippen LogP contribution in [0.3, 0.4) is 0 Å². The van der Waals surface area contributed by atoms with Crippen LogP contribution in [0.15, 0.2) is 140 Å². The maximum atomic E-state index is 14.6. The van der Waals surface area contributed by atoms with E-state index in [1.165, 1.54) is 16.4 Å². The van der Waals surface area contributed by atoms with Crippen molar-refractivity contribution in [2.45, 2.75) is 71.1 Å². The van der Waals surface area contributed by atoms with Crippen LogP contribution in [-0.2, 0) is 28.9 Å². The molecule has 0 unspecified atom stereocenters. The molecule has 0 aliphatic carbocycles. The molecule has 0 fully saturated rings. The van der Waals surface area contributed by atoms with Crippen molar-refractivity contribution >= 4 is 36.0 Å². The zero-order valence-corrected chi connectivity index (χ0v) is 35.5. The third-order valence-corrected chi connectivity index (χ3v) is 17.6. The lowest BCUT2D eigenvalue weighted by molar-refractivity contribution is 0.0945. The average molecular weight is 811 g/mol. The number of nitrogens with zero attached hydrogens (tertiary/aromatic N) is 3. The highest BCUT2D eigenvalue weighted by Crippen LogP contribution is 2.45. The van der Waals surface area contributed by atoms with Crippen LogP contribution in [0.4, 0.5) is 4.39 Å². The molecule has 0 radical (unpaired) electrons. The summed E-state index contributed by atoms with van der Waals surface area (Å²) in [5.41, 5.74) is 5.87. The molecular formula is C48H51FN4O3SSi. The molecule has 1 aliphatic rings. The molecule has 1 N–H and O–H groups in total. The molecule has 10 heteroatoms. The largest absolute Gasteiger partial charge is 0.598 e. The Labute approximate surface area is 346 Å². The van der Waals surface area contributed by atoms with Gasteiger partial charge in [-0.15, -0.1) is 4.31 Å². The zero-order chi connectivity index (χ0) is 40.7. The summed E-state index contributed by atoms with van der Waals surface area (Å²) in [6.45, 7) is 9.74. The summed E-state index contributed by atoms with van der Waals surface area (Å²) in [4.78, 5) is 23.3. The summed E-state index contributed by atoms with van der Waals surface area (Å²) in [5, 5.41) is 5.08. The number of fused-ring (bicyclic) bond motifs is 1. The Kier molecular flexibility index (Phi) is 13.0. The van der Waals surface area contributed by atoms with Gasteiger partial charge in [0.15, 0.2) is 0 Å². The molecule has 1 amide bonds. The Morgan fingerprint density at radius 3 is 2.22 bits per heavy atom. The van der Waals surface area contributed by atoms with E-state index in [0.29, 0.717) is 36.6 Å². The number of hydrogen-bond acceptors (Lipinski definition) is 6. The molecule has 1 aliphatic heterocycles. The number of benzene rings is 4. The minimum absolute atomic E-state index is 0.0193. The van der Waals surface area contributed by atoms with Crippen molar-refractivity contribution in [3.05, 3.63) is 168 Å². The molecule has 6 aromatic rings. The van der Waals surface area contributed by atoms with Gasteiger partial charge in [-0.25, -0.2) is 9.37 Å². The highest BCUT2D eigenvalue weighted by Gasteiger charge is 2.50. The number of aromatic nitrogens is 2. The van der Waals surface area contributed by atoms with E-state index in [4.69, 9.17) is 9.41 Å². The van der Waals surface area contributed by atoms with E-state index < -0.39 is 25.6 Å². The first-order valence-corrected chi connectivity index (χ1v) is 23.3. The van der Waals surface area contributed by atoms with Crippen LogP contribution in [0.5, 0.6) is 0 Å². The number of rotatable bonds is 15. The van der Waals surface area contributed by atoms with Gasteiger partial charge in [0, 0.05) is 59.2 Å². The number of pyridine rings is 2. The van der Waals surface area contributed by atoms with E-state index in [0.717, 1.165) is 40.7 Å². The number of amides is 1. The molecule has 2 atom stereocenters. The van der Waals surface area contributed by atoms with Gasteiger partial charge in [-0.05, 0) is 63.6 Å². The maximum Gasteiger partial charge on any atom is 0.270 e. The minimum Gasteiger partial charge on any atom is -0.598 e. The van der Waals surface area contributed by atoms with Gasteiger partial charge in [0.05, 0.1) is 18.3 Å². The van der Waals surface area contributed by atoms with Crippen molar-refractivity contribution in [3.63, 3.8) is 0 Å². The quantitative estimate of drug-likeness (QED) is 0.0823. The topological polar surface area (TPSA) is 90.4 Å². The van der Waals surface area contributed by atoms with Crippen molar-refractivity contribution in [2.24, 2.45) is 0 Å². The Morgan fingerprint density at radius 2 is 1.57 bits per heavy atom. The molecule has 0 bridgehead atoms. The Balaban J connectivity index is 1.31. The fourth-order valence-electron chi connectivity index (χ4n) is 8.13. The van der Waals surface area contributed by atoms with Gasteiger partial charge in [0.1, 0.15) is 17.3 Å². The Hall–Kier alpha value is -4.97. The first-order valence-electron chi connectivity index (χ1n) is 20.1. The molecule has 0 saturated carbocycles. The second-order valence-corrected chi connectivity index (χ2v) is 21.6. The molecule has 298 valence electrons. The molecule has 7 rings (SSSR count). The Bertz CT molecular complexity index is 2270. The number of unbranched alkanes of at least 4 members (excludes halogenated alkanes) is 1. The van der Waals surface area contributed by atoms with E-state index in [9.17, 15) is 13.7 Å². The van der Waals surface area contributed by atoms with Crippen LogP contribution in [0.2, 0.25) is 5.04 Å². The summed E-state index contributed by atoms with van der Waals surface area (Å²) >= 11 is -1.30. The Morgan fingerprint density at radius 1 is 0.897 bits per heavy atom. The first-order chi connectivity index (χ1) is 28.1. The number of carbonyl (C=O) groups is 1. The summed E-state index contributed by atoms with van der Waals surface area (Å²) in [5.74, 6) is -0.259. The van der Waals surface area contributed by atoms with Crippen molar-refractivity contribution in [3.8, 4) is 22.4 Å². The predicted molar refractivity (Wildman–Crippen MR) is 235 cm³/mol. The highest BCUT2D eigenvalue weighted by atomic mass is 32.2. The lowest BCUT2D eigenvalue weighted by Gasteiger charge is -2.43. The van der Waals surface area contributed by atoms with E-state index >= 15 is 0 Å². The summed E-state index contributed by atoms with van der Waals surface area (Å²) in [6.07, 6.45) is 5.89. The fourth-order valence-corrected chi connectivity index (χ4v) is 14.3. The fraction of sp³-hybridized carbons (Fsp3) is 0.271. The van der Waals surface area contributed by atoms with Crippen LogP contribution >= 0.6 is 0 Å². The summed E-state index contributed by atoms with van der Waals surface area (Å²) in [6, 6.07) is 41.2. The van der Waals surface area contributed by atoms with Gasteiger partial charge in [-0.1, -0.05) is 137 Å². The molecule has 7 nitrogen and oxygen atoms in total. The van der Waals surface area contributed by atoms with Gasteiger partial charge in [0.25, 0.3) is 14.2 Å². The minimum atomic E-state index is -2.87. The first kappa shape index (κ1) is 41.2. The smallest absolute Gasteiger partial charge is 0.270 e. The van der Waals surface area contributed by atoms with Crippen molar-refractivity contribution < 1.29 is 18.2 Å². The lowest BCUT2D eigenvalue weighted by atomic mass is 9.94. The van der Waals surface area contributed by atoms with E-state index in [1.54, 1.807) is 24.4 Å². The number of hydrogen-bond donors (Lipinski definition) is 1. The maximum absolute atomic E-state index is 14.6. The predicted octanol–water partition coefficient (Wildman–Crippen LogP) is 9.17. The molecule has 3 heterocycles. The SMILES string of the molecule is CCCC[S@@+]([O-])N1Cc2cc(C(=O)NCc3ccccc3F)nc(-c3cccc(-c4cccnc4)c3)c2[C@H]1CCO[Si](c1ccccc1)(c1ccccc1)C(C)(C)C. The normalized spacial score (nSPS) is 14.9. The zero-order valence-electron chi connectivity index (χ0n) is 33.7. The van der Waals surface area contributed by atoms with Crippen molar-refractivity contribution in [1.29, 1.82) is 0 Å². The van der Waals surface area contributed by atoms with Gasteiger partial charge in [-0.3, -0.25) is 9.78 Å². The van der Waals surface area contributed by atoms with E-state index in [1.807, 2.05) is 54.7 Å². The van der Waals surface area contributed by atoms with E-state index in [2.05, 4.69) is 96.9 Å². The number of carbonyl (C=O) groups excluding carboxylic acids is 1. The molecule has 0 spiro atoms. The third-order valence-electron chi connectivity index (χ3n) is 11.0. The van der Waals surface area contributed by atoms with Crippen LogP contribution in [0, 0.1) is 5.82 Å². The van der Waals surface area contributed by atoms with E-state index in [-0.39, 0.29) is 29.1 Å². The lowest BCUT2D eigenvalue weighted by Crippen LogP contribution is -2.66. The highest BCUT2D eigenvalue weighted by molar-refractivity contribution is 7.89. The van der Waals surface area contributed by atoms with Gasteiger partial charge >= 0.3 is 0 Å². The molecule has 4 aromatic carbocycles. The second kappa shape index (κ2) is 18.3. The average Bonchev–Trinajstić information content (AvgIpc) is 3.62. The van der Waals surface area contributed by atoms with Crippen LogP contribution < -0.4 is 15.7 Å². The van der Waals surface area contributed by atoms with Gasteiger partial charge < -0.3 is 14.3 Å². The van der Waals surface area contributed by atoms with Crippen molar-refractivity contribution in [2.75, 3.05) is 12.4 Å². The van der Waals surface area contributed by atoms with Gasteiger partial charge in [0.2, 0.25) is 0 Å². The second-order valence-electron chi connectivity index (χ2n) is 15.8. The van der Waals surface area contributed by atoms with Crippen molar-refractivity contribution in [1.82, 2.24) is 19.6 Å².